The second-order valence-electron chi connectivity index (χ2n) is 9.36. The van der Waals surface area contributed by atoms with Gasteiger partial charge in [0.15, 0.2) is 0 Å². The normalized spacial score (nSPS) is 43.1. The molecule has 2 fully saturated rings. The highest BCUT2D eigenvalue weighted by molar-refractivity contribution is 5.77. The number of carbonyl (C=O) groups excluding carboxylic acids is 1. The summed E-state index contributed by atoms with van der Waals surface area (Å²) in [7, 11) is 0. The van der Waals surface area contributed by atoms with Crippen LogP contribution in [-0.2, 0) is 9.53 Å². The van der Waals surface area contributed by atoms with E-state index in [9.17, 15) is 4.79 Å². The number of hydrogen-bond donors (Lipinski definition) is 0. The summed E-state index contributed by atoms with van der Waals surface area (Å²) < 4.78 is 5.81. The second kappa shape index (κ2) is 5.86. The summed E-state index contributed by atoms with van der Waals surface area (Å²) in [6.07, 6.45) is 12.0. The molecule has 0 heterocycles. The summed E-state index contributed by atoms with van der Waals surface area (Å²) in [6, 6.07) is 0. The largest absolute Gasteiger partial charge is 0.494 e. The molecule has 0 aromatic carbocycles. The zero-order valence-electron chi connectivity index (χ0n) is 16.1. The van der Waals surface area contributed by atoms with Crippen molar-refractivity contribution in [2.24, 2.45) is 28.6 Å². The molecule has 0 radical (unpaired) electrons. The van der Waals surface area contributed by atoms with E-state index in [1.165, 1.54) is 37.7 Å². The highest BCUT2D eigenvalue weighted by atomic mass is 16.5. The molecule has 0 amide bonds. The third kappa shape index (κ3) is 2.39. The molecule has 0 aromatic heterocycles. The predicted molar refractivity (Wildman–Crippen MR) is 101 cm³/mol. The van der Waals surface area contributed by atoms with Crippen LogP contribution >= 0.6 is 0 Å². The molecular weight excluding hydrogens is 308 g/mol. The zero-order valence-corrected chi connectivity index (χ0v) is 16.1. The minimum Gasteiger partial charge on any atom is -0.494 e. The molecule has 136 valence electrons. The van der Waals surface area contributed by atoms with Crippen LogP contribution < -0.4 is 0 Å². The molecule has 5 atom stereocenters. The molecule has 2 heteroatoms. The maximum Gasteiger partial charge on any atom is 0.146 e. The van der Waals surface area contributed by atoms with Crippen molar-refractivity contribution in [1.29, 1.82) is 0 Å². The van der Waals surface area contributed by atoms with Gasteiger partial charge in [0, 0.05) is 5.41 Å². The average molecular weight is 341 g/mol. The highest BCUT2D eigenvalue weighted by Crippen LogP contribution is 2.65. The lowest BCUT2D eigenvalue weighted by atomic mass is 9.47. The number of allylic oxidation sites excluding steroid dienone is 4. The van der Waals surface area contributed by atoms with Gasteiger partial charge in [-0.2, -0.15) is 0 Å². The summed E-state index contributed by atoms with van der Waals surface area (Å²) in [4.78, 5) is 12.0. The first kappa shape index (κ1) is 17.1. The van der Waals surface area contributed by atoms with E-state index < -0.39 is 0 Å². The van der Waals surface area contributed by atoms with Gasteiger partial charge < -0.3 is 4.74 Å². The summed E-state index contributed by atoms with van der Waals surface area (Å²) in [5, 5.41) is 0. The highest BCUT2D eigenvalue weighted by Gasteiger charge is 2.56. The molecule has 0 aliphatic heterocycles. The number of ether oxygens (including phenoxy) is 1. The predicted octanol–water partition coefficient (Wildman–Crippen LogP) is 5.60. The van der Waals surface area contributed by atoms with Gasteiger partial charge in [-0.15, -0.1) is 0 Å². The Hall–Kier alpha value is -1.31. The topological polar surface area (TPSA) is 26.3 Å². The van der Waals surface area contributed by atoms with Crippen molar-refractivity contribution in [3.05, 3.63) is 35.1 Å². The Morgan fingerprint density at radius 2 is 2.08 bits per heavy atom. The van der Waals surface area contributed by atoms with Crippen LogP contribution in [0.2, 0.25) is 0 Å². The Balaban J connectivity index is 1.80. The molecule has 2 saturated carbocycles. The SMILES string of the molecule is C=C1C[C@@]2(C)C(=C(C=O)C[C@H]3[C@@H]4CCC[C@@]4(C)CC[C@@H]32)C=C1OCC. The molecule has 4 aliphatic carbocycles. The standard InChI is InChI=1S/C23H32O2/c1-5-25-21-12-20-16(14-24)11-17-18-7-6-9-22(18,3)10-8-19(17)23(20,4)13-15(21)2/h12,14,17-19H,2,5-11,13H2,1,3-4H3/t17-,18-,19-,22-,23+/m0/s1. The van der Waals surface area contributed by atoms with Crippen molar-refractivity contribution in [3.8, 4) is 0 Å². The van der Waals surface area contributed by atoms with Gasteiger partial charge >= 0.3 is 0 Å². The lowest BCUT2D eigenvalue weighted by Crippen LogP contribution is -2.49. The lowest BCUT2D eigenvalue weighted by molar-refractivity contribution is -0.106. The maximum atomic E-state index is 12.0. The van der Waals surface area contributed by atoms with Gasteiger partial charge in [0.05, 0.1) is 6.61 Å². The molecule has 4 rings (SSSR count). The Morgan fingerprint density at radius 1 is 1.28 bits per heavy atom. The summed E-state index contributed by atoms with van der Waals surface area (Å²) >= 11 is 0. The molecule has 0 bridgehead atoms. The maximum absolute atomic E-state index is 12.0. The van der Waals surface area contributed by atoms with E-state index in [1.807, 2.05) is 6.92 Å². The van der Waals surface area contributed by atoms with Crippen LogP contribution in [0.4, 0.5) is 0 Å². The number of aldehydes is 1. The average Bonchev–Trinajstić information content (AvgIpc) is 2.97. The van der Waals surface area contributed by atoms with Crippen molar-refractivity contribution < 1.29 is 9.53 Å². The molecule has 4 aliphatic rings. The van der Waals surface area contributed by atoms with Gasteiger partial charge in [-0.05, 0) is 91.4 Å². The molecule has 0 saturated heterocycles. The van der Waals surface area contributed by atoms with Crippen LogP contribution in [0.5, 0.6) is 0 Å². The molecule has 0 aromatic rings. The first-order valence-electron chi connectivity index (χ1n) is 10.1. The number of carbonyl (C=O) groups is 1. The zero-order chi connectivity index (χ0) is 17.8. The van der Waals surface area contributed by atoms with Gasteiger partial charge in [-0.3, -0.25) is 4.79 Å². The summed E-state index contributed by atoms with van der Waals surface area (Å²) in [5.41, 5.74) is 3.96. The van der Waals surface area contributed by atoms with Crippen LogP contribution in [-0.4, -0.2) is 12.9 Å². The molecule has 2 nitrogen and oxygen atoms in total. The van der Waals surface area contributed by atoms with Crippen LogP contribution in [0.1, 0.15) is 65.7 Å². The minimum absolute atomic E-state index is 0.0563. The van der Waals surface area contributed by atoms with Crippen molar-refractivity contribution in [3.63, 3.8) is 0 Å². The molecular formula is C23H32O2. The fourth-order valence-electron chi connectivity index (χ4n) is 6.94. The van der Waals surface area contributed by atoms with E-state index in [2.05, 4.69) is 26.5 Å². The molecule has 0 N–H and O–H groups in total. The van der Waals surface area contributed by atoms with Gasteiger partial charge in [-0.25, -0.2) is 0 Å². The third-order valence-electron chi connectivity index (χ3n) is 8.10. The van der Waals surface area contributed by atoms with Gasteiger partial charge in [0.25, 0.3) is 0 Å². The Bertz CT molecular complexity index is 670. The fourth-order valence-corrected chi connectivity index (χ4v) is 6.94. The summed E-state index contributed by atoms with van der Waals surface area (Å²) in [5.74, 6) is 3.04. The lowest BCUT2D eigenvalue weighted by Gasteiger charge is -2.57. The van der Waals surface area contributed by atoms with Gasteiger partial charge in [-0.1, -0.05) is 26.8 Å². The Morgan fingerprint density at radius 3 is 2.80 bits per heavy atom. The van der Waals surface area contributed by atoms with Gasteiger partial charge in [0.2, 0.25) is 0 Å². The Labute approximate surface area is 152 Å². The van der Waals surface area contributed by atoms with Crippen LogP contribution in [0.15, 0.2) is 35.1 Å². The van der Waals surface area contributed by atoms with Crippen LogP contribution in [0, 0.1) is 28.6 Å². The third-order valence-corrected chi connectivity index (χ3v) is 8.10. The first-order valence-corrected chi connectivity index (χ1v) is 10.1. The number of rotatable bonds is 3. The summed E-state index contributed by atoms with van der Waals surface area (Å²) in [6.45, 7) is 11.9. The van der Waals surface area contributed by atoms with E-state index >= 15 is 0 Å². The van der Waals surface area contributed by atoms with E-state index in [1.54, 1.807) is 0 Å². The molecule has 25 heavy (non-hydrogen) atoms. The number of hydrogen-bond acceptors (Lipinski definition) is 2. The van der Waals surface area contributed by atoms with E-state index in [0.717, 1.165) is 42.0 Å². The van der Waals surface area contributed by atoms with Crippen LogP contribution in [0.3, 0.4) is 0 Å². The monoisotopic (exact) mass is 340 g/mol. The number of fused-ring (bicyclic) bond motifs is 5. The smallest absolute Gasteiger partial charge is 0.146 e. The van der Waals surface area contributed by atoms with E-state index in [-0.39, 0.29) is 5.41 Å². The fraction of sp³-hybridized carbons (Fsp3) is 0.696. The van der Waals surface area contributed by atoms with Gasteiger partial charge in [0.1, 0.15) is 12.0 Å². The minimum atomic E-state index is 0.0563. The molecule has 0 spiro atoms. The van der Waals surface area contributed by atoms with E-state index in [0.29, 0.717) is 23.9 Å². The Kier molecular flexibility index (Phi) is 4.01. The van der Waals surface area contributed by atoms with E-state index in [4.69, 9.17) is 4.74 Å². The second-order valence-corrected chi connectivity index (χ2v) is 9.36. The van der Waals surface area contributed by atoms with Crippen molar-refractivity contribution in [2.45, 2.75) is 65.7 Å². The first-order chi connectivity index (χ1) is 11.9. The van der Waals surface area contributed by atoms with Crippen molar-refractivity contribution >= 4 is 6.29 Å². The molecule has 0 unspecified atom stereocenters. The van der Waals surface area contributed by atoms with Crippen molar-refractivity contribution in [1.82, 2.24) is 0 Å². The quantitative estimate of drug-likeness (QED) is 0.625. The van der Waals surface area contributed by atoms with Crippen molar-refractivity contribution in [2.75, 3.05) is 6.61 Å². The van der Waals surface area contributed by atoms with Crippen LogP contribution in [0.25, 0.3) is 0 Å².